The van der Waals surface area contributed by atoms with E-state index in [2.05, 4.69) is 15.3 Å². The van der Waals surface area contributed by atoms with E-state index in [1.54, 1.807) is 18.5 Å². The van der Waals surface area contributed by atoms with Crippen molar-refractivity contribution in [1.82, 2.24) is 15.3 Å². The van der Waals surface area contributed by atoms with Crippen molar-refractivity contribution in [2.24, 2.45) is 0 Å². The molecule has 1 unspecified atom stereocenters. The second kappa shape index (κ2) is 5.01. The molecule has 0 spiro atoms. The number of phenolic OH excluding ortho intramolecular Hbond substituents is 1. The average molecular weight is 231 g/mol. The molecule has 1 aromatic carbocycles. The normalized spacial score (nSPS) is 12.6. The van der Waals surface area contributed by atoms with Crippen molar-refractivity contribution >= 4 is 0 Å². The van der Waals surface area contributed by atoms with Gasteiger partial charge in [-0.05, 0) is 19.9 Å². The number of benzene rings is 1. The van der Waals surface area contributed by atoms with E-state index in [1.807, 2.05) is 26.0 Å². The molecule has 0 radical (unpaired) electrons. The van der Waals surface area contributed by atoms with Gasteiger partial charge in [0.25, 0.3) is 0 Å². The number of phenols is 1. The molecule has 90 valence electrons. The molecule has 2 rings (SSSR count). The lowest BCUT2D eigenvalue weighted by atomic mass is 10.1. The van der Waals surface area contributed by atoms with Gasteiger partial charge in [0.05, 0.1) is 6.04 Å². The molecule has 0 aliphatic heterocycles. The van der Waals surface area contributed by atoms with Crippen LogP contribution in [0.4, 0.5) is 0 Å². The van der Waals surface area contributed by atoms with Gasteiger partial charge in [-0.2, -0.15) is 0 Å². The van der Waals surface area contributed by atoms with E-state index in [-0.39, 0.29) is 6.04 Å². The van der Waals surface area contributed by atoms with Crippen LogP contribution in [0.1, 0.15) is 29.9 Å². The fraction of sp³-hybridized carbons (Fsp3) is 0.308. The summed E-state index contributed by atoms with van der Waals surface area (Å²) >= 11 is 0. The third-order valence-corrected chi connectivity index (χ3v) is 2.76. The summed E-state index contributed by atoms with van der Waals surface area (Å²) in [5, 5.41) is 13.0. The van der Waals surface area contributed by atoms with E-state index < -0.39 is 0 Å². The zero-order chi connectivity index (χ0) is 12.3. The molecule has 1 heterocycles. The lowest BCUT2D eigenvalue weighted by molar-refractivity contribution is 0.458. The minimum Gasteiger partial charge on any atom is -0.508 e. The molecule has 0 fully saturated rings. The van der Waals surface area contributed by atoms with Crippen LogP contribution in [0, 0.1) is 6.92 Å². The van der Waals surface area contributed by atoms with Crippen LogP contribution in [0.3, 0.4) is 0 Å². The van der Waals surface area contributed by atoms with Gasteiger partial charge in [-0.1, -0.05) is 17.7 Å². The summed E-state index contributed by atoms with van der Waals surface area (Å²) in [5.74, 6) is 1.23. The Labute approximate surface area is 101 Å². The zero-order valence-corrected chi connectivity index (χ0v) is 10.1. The molecule has 1 aromatic heterocycles. The summed E-state index contributed by atoms with van der Waals surface area (Å²) in [7, 11) is 0. The molecule has 3 N–H and O–H groups in total. The molecule has 4 heteroatoms. The third-order valence-electron chi connectivity index (χ3n) is 2.76. The van der Waals surface area contributed by atoms with Crippen molar-refractivity contribution in [3.8, 4) is 5.75 Å². The molecule has 0 aliphatic rings. The Kier molecular flexibility index (Phi) is 3.44. The van der Waals surface area contributed by atoms with Crippen molar-refractivity contribution < 1.29 is 5.11 Å². The molecular formula is C13H17N3O. The molecule has 0 saturated carbocycles. The molecule has 0 amide bonds. The predicted octanol–water partition coefficient (Wildman–Crippen LogP) is 2.27. The molecule has 0 bridgehead atoms. The number of aromatic nitrogens is 2. The van der Waals surface area contributed by atoms with E-state index in [0.717, 1.165) is 17.0 Å². The number of hydrogen-bond donors (Lipinski definition) is 3. The summed E-state index contributed by atoms with van der Waals surface area (Å²) < 4.78 is 0. The number of nitrogens with one attached hydrogen (secondary N) is 2. The Balaban J connectivity index is 2.00. The first-order chi connectivity index (χ1) is 8.16. The number of aryl methyl sites for hydroxylation is 1. The van der Waals surface area contributed by atoms with Crippen molar-refractivity contribution in [2.75, 3.05) is 0 Å². The van der Waals surface area contributed by atoms with Crippen LogP contribution < -0.4 is 5.32 Å². The lowest BCUT2D eigenvalue weighted by Crippen LogP contribution is -2.19. The highest BCUT2D eigenvalue weighted by Crippen LogP contribution is 2.19. The maximum Gasteiger partial charge on any atom is 0.122 e. The van der Waals surface area contributed by atoms with Gasteiger partial charge in [0.15, 0.2) is 0 Å². The number of aromatic amines is 1. The van der Waals surface area contributed by atoms with Crippen LogP contribution in [0.15, 0.2) is 30.6 Å². The Morgan fingerprint density at radius 3 is 3.00 bits per heavy atom. The maximum atomic E-state index is 9.71. The SMILES string of the molecule is Cc1ccc(O)c(CNC(C)c2ncc[nH]2)c1. The summed E-state index contributed by atoms with van der Waals surface area (Å²) in [6.45, 7) is 4.67. The number of imidazole rings is 1. The molecule has 0 saturated heterocycles. The van der Waals surface area contributed by atoms with Gasteiger partial charge < -0.3 is 15.4 Å². The number of H-pyrrole nitrogens is 1. The van der Waals surface area contributed by atoms with E-state index >= 15 is 0 Å². The zero-order valence-electron chi connectivity index (χ0n) is 10.1. The smallest absolute Gasteiger partial charge is 0.122 e. The molecule has 17 heavy (non-hydrogen) atoms. The van der Waals surface area contributed by atoms with Crippen LogP contribution in [0.5, 0.6) is 5.75 Å². The van der Waals surface area contributed by atoms with Crippen LogP contribution in [0.2, 0.25) is 0 Å². The van der Waals surface area contributed by atoms with Crippen LogP contribution in [0.25, 0.3) is 0 Å². The topological polar surface area (TPSA) is 60.9 Å². The van der Waals surface area contributed by atoms with Crippen molar-refractivity contribution in [1.29, 1.82) is 0 Å². The summed E-state index contributed by atoms with van der Waals surface area (Å²) in [6.07, 6.45) is 3.54. The Hall–Kier alpha value is -1.81. The molecule has 4 nitrogen and oxygen atoms in total. The van der Waals surface area contributed by atoms with E-state index in [9.17, 15) is 5.11 Å². The monoisotopic (exact) mass is 231 g/mol. The second-order valence-electron chi connectivity index (χ2n) is 4.21. The largest absolute Gasteiger partial charge is 0.508 e. The summed E-state index contributed by atoms with van der Waals surface area (Å²) in [6, 6.07) is 5.74. The van der Waals surface area contributed by atoms with Crippen LogP contribution >= 0.6 is 0 Å². The highest BCUT2D eigenvalue weighted by Gasteiger charge is 2.08. The molecular weight excluding hydrogens is 214 g/mol. The number of rotatable bonds is 4. The highest BCUT2D eigenvalue weighted by atomic mass is 16.3. The predicted molar refractivity (Wildman–Crippen MR) is 66.7 cm³/mol. The fourth-order valence-electron chi connectivity index (χ4n) is 1.73. The van der Waals surface area contributed by atoms with E-state index in [1.165, 1.54) is 0 Å². The first-order valence-electron chi connectivity index (χ1n) is 5.68. The first-order valence-corrected chi connectivity index (χ1v) is 5.68. The average Bonchev–Trinajstić information content (AvgIpc) is 2.83. The summed E-state index contributed by atoms with van der Waals surface area (Å²) in [4.78, 5) is 7.25. The third kappa shape index (κ3) is 2.85. The van der Waals surface area contributed by atoms with Gasteiger partial charge in [0.2, 0.25) is 0 Å². The maximum absolute atomic E-state index is 9.71. The number of aromatic hydroxyl groups is 1. The second-order valence-corrected chi connectivity index (χ2v) is 4.21. The Bertz CT molecular complexity index is 479. The minimum absolute atomic E-state index is 0.130. The van der Waals surface area contributed by atoms with E-state index in [0.29, 0.717) is 12.3 Å². The first kappa shape index (κ1) is 11.7. The standard InChI is InChI=1S/C13H17N3O/c1-9-3-4-12(17)11(7-9)8-16-10(2)13-14-5-6-15-13/h3-7,10,16-17H,8H2,1-2H3,(H,14,15). The lowest BCUT2D eigenvalue weighted by Gasteiger charge is -2.12. The van der Waals surface area contributed by atoms with Crippen molar-refractivity contribution in [3.63, 3.8) is 0 Å². The minimum atomic E-state index is 0.130. The van der Waals surface area contributed by atoms with Gasteiger partial charge in [0, 0.05) is 24.5 Å². The van der Waals surface area contributed by atoms with Gasteiger partial charge in [-0.3, -0.25) is 0 Å². The van der Waals surface area contributed by atoms with E-state index in [4.69, 9.17) is 0 Å². The quantitative estimate of drug-likeness (QED) is 0.756. The number of hydrogen-bond acceptors (Lipinski definition) is 3. The molecule has 2 aromatic rings. The van der Waals surface area contributed by atoms with Crippen LogP contribution in [-0.4, -0.2) is 15.1 Å². The van der Waals surface area contributed by atoms with Gasteiger partial charge in [-0.25, -0.2) is 4.98 Å². The fourth-order valence-corrected chi connectivity index (χ4v) is 1.73. The van der Waals surface area contributed by atoms with Crippen LogP contribution in [-0.2, 0) is 6.54 Å². The van der Waals surface area contributed by atoms with Crippen molar-refractivity contribution in [3.05, 3.63) is 47.5 Å². The summed E-state index contributed by atoms with van der Waals surface area (Å²) in [5.41, 5.74) is 2.05. The van der Waals surface area contributed by atoms with Gasteiger partial charge in [-0.15, -0.1) is 0 Å². The van der Waals surface area contributed by atoms with Crippen molar-refractivity contribution in [2.45, 2.75) is 26.4 Å². The van der Waals surface area contributed by atoms with Gasteiger partial charge >= 0.3 is 0 Å². The Morgan fingerprint density at radius 1 is 1.47 bits per heavy atom. The molecule has 1 atom stereocenters. The highest BCUT2D eigenvalue weighted by molar-refractivity contribution is 5.35. The Morgan fingerprint density at radius 2 is 2.29 bits per heavy atom. The molecule has 0 aliphatic carbocycles. The number of nitrogens with zero attached hydrogens (tertiary/aromatic N) is 1. The van der Waals surface area contributed by atoms with Gasteiger partial charge in [0.1, 0.15) is 11.6 Å².